The van der Waals surface area contributed by atoms with Gasteiger partial charge in [-0.3, -0.25) is 4.79 Å². The third-order valence-electron chi connectivity index (χ3n) is 4.58. The summed E-state index contributed by atoms with van der Waals surface area (Å²) in [6.07, 6.45) is 0. The molecule has 3 aromatic rings. The van der Waals surface area contributed by atoms with Crippen molar-refractivity contribution >= 4 is 11.9 Å². The van der Waals surface area contributed by atoms with Crippen LogP contribution in [0, 0.1) is 12.7 Å². The van der Waals surface area contributed by atoms with Crippen LogP contribution in [0.4, 0.5) is 10.3 Å². The number of nitrogens with zero attached hydrogens (tertiary/aromatic N) is 3. The summed E-state index contributed by atoms with van der Waals surface area (Å²) in [5.74, 6) is 0.0972. The maximum Gasteiger partial charge on any atom is 0.248 e. The fourth-order valence-corrected chi connectivity index (χ4v) is 3.34. The van der Waals surface area contributed by atoms with Gasteiger partial charge in [-0.05, 0) is 43.7 Å². The van der Waals surface area contributed by atoms with Crippen LogP contribution in [0.3, 0.4) is 0 Å². The van der Waals surface area contributed by atoms with Gasteiger partial charge in [0.1, 0.15) is 11.9 Å². The number of aryl methyl sites for hydroxylation is 1. The third-order valence-corrected chi connectivity index (χ3v) is 4.58. The summed E-state index contributed by atoms with van der Waals surface area (Å²) in [6.45, 7) is 3.77. The van der Waals surface area contributed by atoms with E-state index in [0.717, 1.165) is 11.1 Å². The summed E-state index contributed by atoms with van der Waals surface area (Å²) in [7, 11) is 0. The number of hydrogen-bond donors (Lipinski definition) is 2. The first-order valence-electron chi connectivity index (χ1n) is 8.50. The minimum atomic E-state index is -0.518. The monoisotopic (exact) mass is 363 g/mol. The van der Waals surface area contributed by atoms with Gasteiger partial charge in [0.15, 0.2) is 5.82 Å². The number of allylic oxidation sites excluding steroid dienone is 1. The number of benzene rings is 2. The number of nitrogens with two attached hydrogens (primary N) is 1. The van der Waals surface area contributed by atoms with Crippen LogP contribution in [-0.2, 0) is 4.79 Å². The Balaban J connectivity index is 1.88. The van der Waals surface area contributed by atoms with E-state index in [-0.39, 0.29) is 5.82 Å². The molecule has 0 saturated heterocycles. The zero-order chi connectivity index (χ0) is 19.1. The van der Waals surface area contributed by atoms with Crippen molar-refractivity contribution in [3.8, 4) is 11.4 Å². The van der Waals surface area contributed by atoms with Crippen LogP contribution in [0.15, 0.2) is 59.8 Å². The highest BCUT2D eigenvalue weighted by atomic mass is 19.1. The average molecular weight is 363 g/mol. The van der Waals surface area contributed by atoms with E-state index in [9.17, 15) is 9.18 Å². The molecule has 0 saturated carbocycles. The summed E-state index contributed by atoms with van der Waals surface area (Å²) in [5.41, 5.74) is 9.38. The highest BCUT2D eigenvalue weighted by Gasteiger charge is 2.33. The Hall–Kier alpha value is -3.48. The van der Waals surface area contributed by atoms with Crippen molar-refractivity contribution in [2.24, 2.45) is 5.73 Å². The Morgan fingerprint density at radius 3 is 2.59 bits per heavy atom. The zero-order valence-electron chi connectivity index (χ0n) is 14.9. The molecule has 0 radical (unpaired) electrons. The number of primary amides is 1. The van der Waals surface area contributed by atoms with E-state index in [1.165, 1.54) is 12.1 Å². The Kier molecular flexibility index (Phi) is 3.99. The van der Waals surface area contributed by atoms with Crippen LogP contribution in [0.25, 0.3) is 11.4 Å². The average Bonchev–Trinajstić information content (AvgIpc) is 3.04. The van der Waals surface area contributed by atoms with Crippen LogP contribution < -0.4 is 11.1 Å². The smallest absolute Gasteiger partial charge is 0.248 e. The van der Waals surface area contributed by atoms with Crippen molar-refractivity contribution in [1.29, 1.82) is 0 Å². The van der Waals surface area contributed by atoms with E-state index in [1.54, 1.807) is 23.7 Å². The highest BCUT2D eigenvalue weighted by molar-refractivity contribution is 5.95. The molecule has 1 amide bonds. The minimum absolute atomic E-state index is 0.327. The van der Waals surface area contributed by atoms with Gasteiger partial charge in [0, 0.05) is 11.3 Å². The maximum absolute atomic E-state index is 13.2. The molecule has 7 heteroatoms. The summed E-state index contributed by atoms with van der Waals surface area (Å²) in [5, 5.41) is 7.69. The first-order chi connectivity index (χ1) is 12.9. The largest absolute Gasteiger partial charge is 0.366 e. The van der Waals surface area contributed by atoms with Crippen LogP contribution in [0.1, 0.15) is 24.1 Å². The Morgan fingerprint density at radius 2 is 1.93 bits per heavy atom. The lowest BCUT2D eigenvalue weighted by Crippen LogP contribution is -2.31. The molecule has 0 bridgehead atoms. The second-order valence-corrected chi connectivity index (χ2v) is 6.56. The zero-order valence-corrected chi connectivity index (χ0v) is 14.9. The predicted octanol–water partition coefficient (Wildman–Crippen LogP) is 3.17. The van der Waals surface area contributed by atoms with E-state index in [0.29, 0.717) is 28.6 Å². The van der Waals surface area contributed by atoms with E-state index >= 15 is 0 Å². The van der Waals surface area contributed by atoms with E-state index < -0.39 is 11.9 Å². The number of carbonyl (C=O) groups excluding carboxylic acids is 1. The number of aromatic nitrogens is 3. The van der Waals surface area contributed by atoms with E-state index in [4.69, 9.17) is 5.73 Å². The number of fused-ring (bicyclic) bond motifs is 1. The molecule has 4 rings (SSSR count). The summed E-state index contributed by atoms with van der Waals surface area (Å²) in [6, 6.07) is 13.3. The second-order valence-electron chi connectivity index (χ2n) is 6.56. The molecule has 1 atom stereocenters. The summed E-state index contributed by atoms with van der Waals surface area (Å²) < 4.78 is 14.9. The molecule has 0 aliphatic carbocycles. The van der Waals surface area contributed by atoms with Crippen molar-refractivity contribution in [3.63, 3.8) is 0 Å². The first-order valence-corrected chi connectivity index (χ1v) is 8.50. The van der Waals surface area contributed by atoms with Gasteiger partial charge in [-0.25, -0.2) is 9.07 Å². The lowest BCUT2D eigenvalue weighted by molar-refractivity contribution is -0.115. The van der Waals surface area contributed by atoms with Gasteiger partial charge in [0.25, 0.3) is 0 Å². The molecule has 0 fully saturated rings. The number of nitrogens with one attached hydrogen (secondary N) is 1. The highest BCUT2D eigenvalue weighted by Crippen LogP contribution is 2.36. The van der Waals surface area contributed by atoms with Crippen LogP contribution >= 0.6 is 0 Å². The predicted molar refractivity (Wildman–Crippen MR) is 100 cm³/mol. The molecule has 1 aliphatic heterocycles. The van der Waals surface area contributed by atoms with Crippen LogP contribution in [-0.4, -0.2) is 20.7 Å². The normalized spacial score (nSPS) is 16.0. The van der Waals surface area contributed by atoms with Crippen molar-refractivity contribution in [1.82, 2.24) is 14.8 Å². The molecule has 6 nitrogen and oxygen atoms in total. The number of rotatable bonds is 3. The van der Waals surface area contributed by atoms with Crippen molar-refractivity contribution < 1.29 is 9.18 Å². The van der Waals surface area contributed by atoms with Gasteiger partial charge in [-0.1, -0.05) is 29.8 Å². The molecule has 1 aliphatic rings. The molecule has 1 aromatic heterocycles. The number of carbonyl (C=O) groups is 1. The van der Waals surface area contributed by atoms with Crippen molar-refractivity contribution in [3.05, 3.63) is 76.7 Å². The molecule has 2 heterocycles. The minimum Gasteiger partial charge on any atom is -0.366 e. The first kappa shape index (κ1) is 17.0. The Bertz CT molecular complexity index is 1070. The Labute approximate surface area is 155 Å². The molecule has 2 aromatic carbocycles. The van der Waals surface area contributed by atoms with Gasteiger partial charge in [-0.2, -0.15) is 4.98 Å². The summed E-state index contributed by atoms with van der Waals surface area (Å²) >= 11 is 0. The Morgan fingerprint density at radius 1 is 1.19 bits per heavy atom. The lowest BCUT2D eigenvalue weighted by atomic mass is 9.94. The molecular formula is C20H18FN5O. The third kappa shape index (κ3) is 2.97. The van der Waals surface area contributed by atoms with Crippen LogP contribution in [0.5, 0.6) is 0 Å². The van der Waals surface area contributed by atoms with Gasteiger partial charge in [-0.15, -0.1) is 5.10 Å². The number of amides is 1. The second kappa shape index (κ2) is 6.35. The number of hydrogen-bond acceptors (Lipinski definition) is 4. The van der Waals surface area contributed by atoms with Crippen molar-refractivity contribution in [2.75, 3.05) is 5.32 Å². The summed E-state index contributed by atoms with van der Waals surface area (Å²) in [4.78, 5) is 16.7. The number of anilines is 1. The molecule has 136 valence electrons. The molecular weight excluding hydrogens is 345 g/mol. The van der Waals surface area contributed by atoms with Gasteiger partial charge in [0.2, 0.25) is 11.9 Å². The fraction of sp³-hybridized carbons (Fsp3) is 0.150. The number of halogens is 1. The molecule has 0 spiro atoms. The van der Waals surface area contributed by atoms with Gasteiger partial charge in [0.05, 0.1) is 5.57 Å². The lowest BCUT2D eigenvalue weighted by Gasteiger charge is -2.27. The molecule has 3 N–H and O–H groups in total. The SMILES string of the molecule is CC1=C(C(N)=O)C(c2cccc(C)c2)n2nc(-c3ccc(F)cc3)nc2N1. The molecule has 27 heavy (non-hydrogen) atoms. The van der Waals surface area contributed by atoms with Gasteiger partial charge < -0.3 is 11.1 Å². The van der Waals surface area contributed by atoms with Gasteiger partial charge >= 0.3 is 0 Å². The standard InChI is InChI=1S/C20H18FN5O/c1-11-4-3-5-14(10-11)17-16(18(22)27)12(2)23-20-24-19(25-26(17)20)13-6-8-15(21)9-7-13/h3-10,17H,1-2H3,(H2,22,27)(H,23,24,25). The van der Waals surface area contributed by atoms with Crippen molar-refractivity contribution in [2.45, 2.75) is 19.9 Å². The quantitative estimate of drug-likeness (QED) is 0.748. The molecule has 1 unspecified atom stereocenters. The van der Waals surface area contributed by atoms with E-state index in [2.05, 4.69) is 15.4 Å². The van der Waals surface area contributed by atoms with Crippen LogP contribution in [0.2, 0.25) is 0 Å². The topological polar surface area (TPSA) is 85.8 Å². The van der Waals surface area contributed by atoms with E-state index in [1.807, 2.05) is 31.2 Å². The fourth-order valence-electron chi connectivity index (χ4n) is 3.34. The maximum atomic E-state index is 13.2.